The number of unbranched alkanes of at least 4 members (excludes halogenated alkanes) is 3. The summed E-state index contributed by atoms with van der Waals surface area (Å²) in [5, 5.41) is 0.680. The van der Waals surface area contributed by atoms with Gasteiger partial charge >= 0.3 is 0 Å². The third kappa shape index (κ3) is 6.21. The van der Waals surface area contributed by atoms with Crippen LogP contribution in [0, 0.1) is 0 Å². The normalized spacial score (nSPS) is 9.62. The maximum Gasteiger partial charge on any atom is 0.137 e. The van der Waals surface area contributed by atoms with Crippen molar-refractivity contribution in [3.05, 3.63) is 29.3 Å². The molecule has 0 aliphatic heterocycles. The van der Waals surface area contributed by atoms with E-state index in [4.69, 9.17) is 22.1 Å². The van der Waals surface area contributed by atoms with Gasteiger partial charge < -0.3 is 10.5 Å². The fourth-order valence-corrected chi connectivity index (χ4v) is 1.53. The molecular formula is C12H19Cl2NO. The van der Waals surface area contributed by atoms with Gasteiger partial charge in [-0.3, -0.25) is 0 Å². The van der Waals surface area contributed by atoms with Gasteiger partial charge in [-0.05, 0) is 31.5 Å². The van der Waals surface area contributed by atoms with Crippen molar-refractivity contribution in [1.82, 2.24) is 0 Å². The molecule has 0 atom stereocenters. The first-order valence-electron chi connectivity index (χ1n) is 5.42. The van der Waals surface area contributed by atoms with E-state index >= 15 is 0 Å². The molecule has 0 fully saturated rings. The van der Waals surface area contributed by atoms with Crippen LogP contribution in [0.15, 0.2) is 24.3 Å². The molecule has 1 rings (SSSR count). The van der Waals surface area contributed by atoms with Crippen LogP contribution in [0.4, 0.5) is 0 Å². The molecule has 1 aromatic rings. The van der Waals surface area contributed by atoms with Crippen molar-refractivity contribution in [2.45, 2.75) is 25.7 Å². The molecule has 0 spiro atoms. The summed E-state index contributed by atoms with van der Waals surface area (Å²) < 4.78 is 5.55. The molecule has 16 heavy (non-hydrogen) atoms. The first-order chi connectivity index (χ1) is 7.34. The molecule has 2 nitrogen and oxygen atoms in total. The number of hydrogen-bond donors (Lipinski definition) is 1. The molecule has 0 saturated heterocycles. The van der Waals surface area contributed by atoms with E-state index < -0.39 is 0 Å². The Balaban J connectivity index is 0.00000225. The van der Waals surface area contributed by atoms with Crippen molar-refractivity contribution in [2.75, 3.05) is 13.2 Å². The highest BCUT2D eigenvalue weighted by molar-refractivity contribution is 6.32. The Kier molecular flexibility index (Phi) is 9.49. The monoisotopic (exact) mass is 263 g/mol. The second-order valence-electron chi connectivity index (χ2n) is 3.48. The van der Waals surface area contributed by atoms with Crippen LogP contribution < -0.4 is 10.5 Å². The Hall–Kier alpha value is -0.440. The number of halogens is 2. The third-order valence-electron chi connectivity index (χ3n) is 2.19. The molecule has 4 heteroatoms. The van der Waals surface area contributed by atoms with Gasteiger partial charge in [-0.15, -0.1) is 12.4 Å². The molecule has 0 heterocycles. The maximum absolute atomic E-state index is 5.95. The van der Waals surface area contributed by atoms with Crippen LogP contribution in [0.5, 0.6) is 5.75 Å². The topological polar surface area (TPSA) is 35.2 Å². The summed E-state index contributed by atoms with van der Waals surface area (Å²) in [6.45, 7) is 1.51. The van der Waals surface area contributed by atoms with Gasteiger partial charge in [0.15, 0.2) is 0 Å². The maximum atomic E-state index is 5.95. The van der Waals surface area contributed by atoms with E-state index in [9.17, 15) is 0 Å². The van der Waals surface area contributed by atoms with Crippen LogP contribution in [0.3, 0.4) is 0 Å². The highest BCUT2D eigenvalue weighted by Gasteiger charge is 1.98. The molecule has 0 aliphatic rings. The van der Waals surface area contributed by atoms with Crippen molar-refractivity contribution in [3.8, 4) is 5.75 Å². The van der Waals surface area contributed by atoms with E-state index in [1.165, 1.54) is 12.8 Å². The lowest BCUT2D eigenvalue weighted by Gasteiger charge is -2.07. The van der Waals surface area contributed by atoms with E-state index in [1.54, 1.807) is 0 Å². The minimum absolute atomic E-state index is 0. The minimum atomic E-state index is 0. The van der Waals surface area contributed by atoms with Gasteiger partial charge in [0.25, 0.3) is 0 Å². The Morgan fingerprint density at radius 2 is 1.75 bits per heavy atom. The summed E-state index contributed by atoms with van der Waals surface area (Å²) in [7, 11) is 0. The summed E-state index contributed by atoms with van der Waals surface area (Å²) in [5.74, 6) is 0.776. The zero-order valence-electron chi connectivity index (χ0n) is 9.32. The molecule has 0 unspecified atom stereocenters. The van der Waals surface area contributed by atoms with Crippen LogP contribution in [0.25, 0.3) is 0 Å². The number of ether oxygens (including phenoxy) is 1. The van der Waals surface area contributed by atoms with Gasteiger partial charge in [0.1, 0.15) is 5.75 Å². The number of nitrogens with two attached hydrogens (primary N) is 1. The predicted octanol–water partition coefficient (Wildman–Crippen LogP) is 3.66. The second kappa shape index (κ2) is 9.76. The van der Waals surface area contributed by atoms with Crippen molar-refractivity contribution in [1.29, 1.82) is 0 Å². The van der Waals surface area contributed by atoms with Gasteiger partial charge in [0.2, 0.25) is 0 Å². The minimum Gasteiger partial charge on any atom is -0.492 e. The molecule has 0 saturated carbocycles. The summed E-state index contributed by atoms with van der Waals surface area (Å²) >= 11 is 5.95. The number of hydrogen-bond acceptors (Lipinski definition) is 2. The fraction of sp³-hybridized carbons (Fsp3) is 0.500. The summed E-state index contributed by atoms with van der Waals surface area (Å²) in [4.78, 5) is 0. The number of benzene rings is 1. The molecule has 0 radical (unpaired) electrons. The first kappa shape index (κ1) is 15.6. The van der Waals surface area contributed by atoms with Crippen molar-refractivity contribution < 1.29 is 4.74 Å². The van der Waals surface area contributed by atoms with Crippen LogP contribution >= 0.6 is 24.0 Å². The zero-order valence-corrected chi connectivity index (χ0v) is 10.9. The summed E-state index contributed by atoms with van der Waals surface area (Å²) in [6, 6.07) is 7.56. The Morgan fingerprint density at radius 3 is 2.44 bits per heavy atom. The lowest BCUT2D eigenvalue weighted by atomic mass is 10.2. The SMILES string of the molecule is Cl.NCCCCCCOc1ccccc1Cl. The van der Waals surface area contributed by atoms with Crippen LogP contribution in [0.1, 0.15) is 25.7 Å². The molecule has 0 aromatic heterocycles. The Morgan fingerprint density at radius 1 is 1.06 bits per heavy atom. The molecule has 0 bridgehead atoms. The van der Waals surface area contributed by atoms with E-state index in [0.29, 0.717) is 5.02 Å². The van der Waals surface area contributed by atoms with Gasteiger partial charge in [0, 0.05) is 0 Å². The molecule has 1 aromatic carbocycles. The average Bonchev–Trinajstić information content (AvgIpc) is 2.25. The molecule has 2 N–H and O–H groups in total. The average molecular weight is 264 g/mol. The first-order valence-corrected chi connectivity index (χ1v) is 5.80. The zero-order chi connectivity index (χ0) is 10.9. The Labute approximate surface area is 109 Å². The smallest absolute Gasteiger partial charge is 0.137 e. The van der Waals surface area contributed by atoms with Crippen LogP contribution in [0.2, 0.25) is 5.02 Å². The fourth-order valence-electron chi connectivity index (χ4n) is 1.34. The quantitative estimate of drug-likeness (QED) is 0.763. The largest absolute Gasteiger partial charge is 0.492 e. The lowest BCUT2D eigenvalue weighted by Crippen LogP contribution is -2.00. The number of rotatable bonds is 7. The summed E-state index contributed by atoms with van der Waals surface area (Å²) in [6.07, 6.45) is 4.52. The van der Waals surface area contributed by atoms with E-state index in [2.05, 4.69) is 0 Å². The summed E-state index contributed by atoms with van der Waals surface area (Å²) in [5.41, 5.74) is 5.41. The number of para-hydroxylation sites is 1. The highest BCUT2D eigenvalue weighted by Crippen LogP contribution is 2.23. The molecule has 92 valence electrons. The van der Waals surface area contributed by atoms with Crippen LogP contribution in [-0.4, -0.2) is 13.2 Å². The van der Waals surface area contributed by atoms with Crippen molar-refractivity contribution in [3.63, 3.8) is 0 Å². The second-order valence-corrected chi connectivity index (χ2v) is 3.89. The van der Waals surface area contributed by atoms with E-state index in [-0.39, 0.29) is 12.4 Å². The predicted molar refractivity (Wildman–Crippen MR) is 71.7 cm³/mol. The van der Waals surface area contributed by atoms with Gasteiger partial charge in [0.05, 0.1) is 11.6 Å². The molecule has 0 aliphatic carbocycles. The standard InChI is InChI=1S/C12H18ClNO.ClH/c13-11-7-3-4-8-12(11)15-10-6-2-1-5-9-14;/h3-4,7-8H,1-2,5-6,9-10,14H2;1H. The van der Waals surface area contributed by atoms with Crippen LogP contribution in [-0.2, 0) is 0 Å². The Bertz CT molecular complexity index is 281. The van der Waals surface area contributed by atoms with Gasteiger partial charge in [-0.25, -0.2) is 0 Å². The van der Waals surface area contributed by atoms with Crippen molar-refractivity contribution in [2.24, 2.45) is 5.73 Å². The van der Waals surface area contributed by atoms with Gasteiger partial charge in [-0.1, -0.05) is 36.6 Å². The molecule has 0 amide bonds. The van der Waals surface area contributed by atoms with E-state index in [1.807, 2.05) is 24.3 Å². The highest BCUT2D eigenvalue weighted by atomic mass is 35.5. The third-order valence-corrected chi connectivity index (χ3v) is 2.50. The van der Waals surface area contributed by atoms with Crippen molar-refractivity contribution >= 4 is 24.0 Å². The molecular weight excluding hydrogens is 245 g/mol. The van der Waals surface area contributed by atoms with E-state index in [0.717, 1.165) is 31.7 Å². The van der Waals surface area contributed by atoms with Gasteiger partial charge in [-0.2, -0.15) is 0 Å². The lowest BCUT2D eigenvalue weighted by molar-refractivity contribution is 0.305.